The van der Waals surface area contributed by atoms with E-state index < -0.39 is 0 Å². The lowest BCUT2D eigenvalue weighted by Crippen LogP contribution is -2.46. The van der Waals surface area contributed by atoms with Crippen molar-refractivity contribution in [1.29, 1.82) is 0 Å². The minimum absolute atomic E-state index is 0.00778. The smallest absolute Gasteiger partial charge is 0.261 e. The van der Waals surface area contributed by atoms with Crippen molar-refractivity contribution < 1.29 is 14.0 Å². The molecule has 1 N–H and O–H groups in total. The highest BCUT2D eigenvalue weighted by atomic mass is 32.1. The molecule has 5 nitrogen and oxygen atoms in total. The third kappa shape index (κ3) is 4.12. The van der Waals surface area contributed by atoms with Crippen LogP contribution in [0.25, 0.3) is 0 Å². The van der Waals surface area contributed by atoms with Crippen molar-refractivity contribution in [3.05, 3.63) is 46.0 Å². The van der Waals surface area contributed by atoms with Crippen LogP contribution >= 0.6 is 11.3 Å². The van der Waals surface area contributed by atoms with Gasteiger partial charge in [-0.3, -0.25) is 9.59 Å². The summed E-state index contributed by atoms with van der Waals surface area (Å²) >= 11 is 1.55. The number of likely N-dealkylation sites (tertiary alicyclic amines) is 1. The number of carbonyl (C=O) groups is 2. The number of nitrogens with zero attached hydrogens (tertiary/aromatic N) is 1. The minimum Gasteiger partial charge on any atom is -0.472 e. The molecule has 3 heterocycles. The van der Waals surface area contributed by atoms with Gasteiger partial charge in [-0.25, -0.2) is 0 Å². The molecule has 0 aliphatic carbocycles. The molecule has 0 atom stereocenters. The van der Waals surface area contributed by atoms with Crippen LogP contribution in [0.1, 0.15) is 58.5 Å². The third-order valence-corrected chi connectivity index (χ3v) is 5.96. The van der Waals surface area contributed by atoms with Crippen LogP contribution < -0.4 is 5.32 Å². The summed E-state index contributed by atoms with van der Waals surface area (Å²) in [7, 11) is 0. The highest BCUT2D eigenvalue weighted by Crippen LogP contribution is 2.29. The van der Waals surface area contributed by atoms with Crippen LogP contribution in [-0.2, 0) is 5.41 Å². The van der Waals surface area contributed by atoms with Gasteiger partial charge in [0.05, 0.1) is 16.7 Å². The number of rotatable bonds is 3. The van der Waals surface area contributed by atoms with Crippen LogP contribution in [0, 0.1) is 0 Å². The van der Waals surface area contributed by atoms with Crippen LogP contribution in [0.5, 0.6) is 0 Å². The van der Waals surface area contributed by atoms with Crippen molar-refractivity contribution in [3.8, 4) is 0 Å². The van der Waals surface area contributed by atoms with Gasteiger partial charge in [-0.1, -0.05) is 20.8 Å². The molecule has 0 aromatic carbocycles. The van der Waals surface area contributed by atoms with Crippen LogP contribution in [0.2, 0.25) is 0 Å². The maximum Gasteiger partial charge on any atom is 0.261 e. The molecular formula is C19H24N2O3S. The van der Waals surface area contributed by atoms with Crippen LogP contribution in [0.4, 0.5) is 0 Å². The van der Waals surface area contributed by atoms with E-state index in [1.807, 2.05) is 17.0 Å². The number of hydrogen-bond acceptors (Lipinski definition) is 4. The quantitative estimate of drug-likeness (QED) is 0.908. The molecular weight excluding hydrogens is 336 g/mol. The molecule has 2 amide bonds. The zero-order valence-corrected chi connectivity index (χ0v) is 15.7. The second-order valence-electron chi connectivity index (χ2n) is 7.47. The maximum absolute atomic E-state index is 12.5. The molecule has 3 rings (SSSR count). The lowest BCUT2D eigenvalue weighted by molar-refractivity contribution is 0.0697. The predicted octanol–water partition coefficient (Wildman–Crippen LogP) is 3.67. The molecule has 0 radical (unpaired) electrons. The first kappa shape index (κ1) is 17.7. The fourth-order valence-corrected chi connectivity index (χ4v) is 3.88. The number of nitrogens with one attached hydrogen (secondary N) is 1. The number of furan rings is 1. The second-order valence-corrected chi connectivity index (χ2v) is 8.55. The van der Waals surface area contributed by atoms with Crippen molar-refractivity contribution in [2.45, 2.75) is 45.1 Å². The molecule has 1 fully saturated rings. The molecule has 6 heteroatoms. The number of thiophene rings is 1. The van der Waals surface area contributed by atoms with E-state index in [1.165, 1.54) is 17.4 Å². The summed E-state index contributed by atoms with van der Waals surface area (Å²) in [5.74, 6) is -0.0216. The van der Waals surface area contributed by atoms with Crippen molar-refractivity contribution in [2.75, 3.05) is 13.1 Å². The highest BCUT2D eigenvalue weighted by molar-refractivity contribution is 7.14. The van der Waals surface area contributed by atoms with Gasteiger partial charge < -0.3 is 14.6 Å². The van der Waals surface area contributed by atoms with E-state index in [-0.39, 0.29) is 23.3 Å². The first-order valence-electron chi connectivity index (χ1n) is 8.57. The summed E-state index contributed by atoms with van der Waals surface area (Å²) in [6.45, 7) is 7.73. The maximum atomic E-state index is 12.5. The molecule has 25 heavy (non-hydrogen) atoms. The molecule has 2 aromatic rings. The SMILES string of the molecule is CC(C)(C)c1ccc(C(=O)NC2CCN(C(=O)c3ccoc3)CC2)s1. The first-order chi connectivity index (χ1) is 11.8. The number of carbonyl (C=O) groups excluding carboxylic acids is 2. The Balaban J connectivity index is 1.53. The van der Waals surface area contributed by atoms with Gasteiger partial charge in [0.2, 0.25) is 0 Å². The monoisotopic (exact) mass is 360 g/mol. The molecule has 0 bridgehead atoms. The third-order valence-electron chi connectivity index (χ3n) is 4.45. The Morgan fingerprint density at radius 3 is 2.48 bits per heavy atom. The van der Waals surface area contributed by atoms with Crippen LogP contribution in [0.3, 0.4) is 0 Å². The van der Waals surface area contributed by atoms with Gasteiger partial charge >= 0.3 is 0 Å². The molecule has 0 saturated carbocycles. The Kier molecular flexibility index (Phi) is 4.99. The van der Waals surface area contributed by atoms with E-state index in [1.54, 1.807) is 17.4 Å². The summed E-state index contributed by atoms with van der Waals surface area (Å²) < 4.78 is 4.97. The standard InChI is InChI=1S/C19H24N2O3S/c1-19(2,3)16-5-4-15(25-16)17(22)20-14-6-9-21(10-7-14)18(23)13-8-11-24-12-13/h4-5,8,11-12,14H,6-7,9-10H2,1-3H3,(H,20,22). The van der Waals surface area contributed by atoms with E-state index in [9.17, 15) is 9.59 Å². The molecule has 2 aromatic heterocycles. The highest BCUT2D eigenvalue weighted by Gasteiger charge is 2.26. The molecule has 0 spiro atoms. The summed E-state index contributed by atoms with van der Waals surface area (Å²) in [6.07, 6.45) is 4.52. The fraction of sp³-hybridized carbons (Fsp3) is 0.474. The number of piperidine rings is 1. The van der Waals surface area contributed by atoms with Crippen molar-refractivity contribution in [3.63, 3.8) is 0 Å². The van der Waals surface area contributed by atoms with Gasteiger partial charge in [-0.15, -0.1) is 11.3 Å². The van der Waals surface area contributed by atoms with Crippen molar-refractivity contribution in [1.82, 2.24) is 10.2 Å². The lowest BCUT2D eigenvalue weighted by Gasteiger charge is -2.32. The fourth-order valence-electron chi connectivity index (χ4n) is 2.92. The van der Waals surface area contributed by atoms with Gasteiger partial charge in [0.1, 0.15) is 6.26 Å². The Hall–Kier alpha value is -2.08. The molecule has 0 unspecified atom stereocenters. The Morgan fingerprint density at radius 2 is 1.92 bits per heavy atom. The van der Waals surface area contributed by atoms with E-state index >= 15 is 0 Å². The van der Waals surface area contributed by atoms with E-state index in [0.29, 0.717) is 18.7 Å². The zero-order valence-electron chi connectivity index (χ0n) is 14.9. The van der Waals surface area contributed by atoms with E-state index in [0.717, 1.165) is 17.7 Å². The van der Waals surface area contributed by atoms with Crippen molar-refractivity contribution in [2.24, 2.45) is 0 Å². The summed E-state index contributed by atoms with van der Waals surface area (Å²) in [6, 6.07) is 5.73. The minimum atomic E-state index is -0.0138. The van der Waals surface area contributed by atoms with Crippen molar-refractivity contribution >= 4 is 23.2 Å². The van der Waals surface area contributed by atoms with Gasteiger partial charge in [-0.05, 0) is 36.5 Å². The molecule has 134 valence electrons. The average Bonchev–Trinajstić information content (AvgIpc) is 3.26. The normalized spacial score (nSPS) is 16.0. The van der Waals surface area contributed by atoms with Crippen LogP contribution in [0.15, 0.2) is 35.1 Å². The Labute approximate surface area is 152 Å². The molecule has 1 saturated heterocycles. The van der Waals surface area contributed by atoms with Gasteiger partial charge in [0.15, 0.2) is 0 Å². The van der Waals surface area contributed by atoms with Gasteiger partial charge in [0.25, 0.3) is 11.8 Å². The van der Waals surface area contributed by atoms with E-state index in [4.69, 9.17) is 4.42 Å². The Morgan fingerprint density at radius 1 is 1.20 bits per heavy atom. The number of hydrogen-bond donors (Lipinski definition) is 1. The first-order valence-corrected chi connectivity index (χ1v) is 9.39. The zero-order chi connectivity index (χ0) is 18.0. The van der Waals surface area contributed by atoms with E-state index in [2.05, 4.69) is 26.1 Å². The van der Waals surface area contributed by atoms with Gasteiger partial charge in [-0.2, -0.15) is 0 Å². The average molecular weight is 360 g/mol. The summed E-state index contributed by atoms with van der Waals surface area (Å²) in [5.41, 5.74) is 0.637. The molecule has 1 aliphatic heterocycles. The topological polar surface area (TPSA) is 62.6 Å². The molecule has 1 aliphatic rings. The second kappa shape index (κ2) is 7.04. The predicted molar refractivity (Wildman–Crippen MR) is 98.1 cm³/mol. The van der Waals surface area contributed by atoms with Crippen LogP contribution in [-0.4, -0.2) is 35.8 Å². The Bertz CT molecular complexity index is 735. The largest absolute Gasteiger partial charge is 0.472 e. The summed E-state index contributed by atoms with van der Waals surface area (Å²) in [5, 5.41) is 3.11. The summed E-state index contributed by atoms with van der Waals surface area (Å²) in [4.78, 5) is 28.5. The van der Waals surface area contributed by atoms with Gasteiger partial charge in [0, 0.05) is 24.0 Å². The number of amides is 2. The lowest BCUT2D eigenvalue weighted by atomic mass is 9.95.